The van der Waals surface area contributed by atoms with Crippen LogP contribution in [0, 0.1) is 0 Å². The zero-order valence-corrected chi connectivity index (χ0v) is 16.6. The Morgan fingerprint density at radius 3 is 1.77 bits per heavy atom. The second-order valence-corrected chi connectivity index (χ2v) is 7.72. The van der Waals surface area contributed by atoms with Crippen LogP contribution in [0.1, 0.15) is 103 Å². The Hall–Kier alpha value is -1.10. The first kappa shape index (κ1) is 22.9. The topological polar surface area (TPSA) is 77.8 Å². The van der Waals surface area contributed by atoms with Crippen LogP contribution in [0.5, 0.6) is 0 Å². The van der Waals surface area contributed by atoms with Crippen LogP contribution < -0.4 is 0 Å². The first-order valence-corrected chi connectivity index (χ1v) is 10.8. The number of aliphatic hydroxyl groups is 1. The molecule has 1 aliphatic heterocycles. The Labute approximate surface area is 159 Å². The Bertz CT molecular complexity index is 399. The van der Waals surface area contributed by atoms with Gasteiger partial charge in [-0.1, -0.05) is 84.0 Å². The molecule has 1 amide bonds. The largest absolute Gasteiger partial charge is 0.480 e. The molecule has 5 nitrogen and oxygen atoms in total. The fourth-order valence-electron chi connectivity index (χ4n) is 3.79. The fraction of sp³-hybridized carbons (Fsp3) is 0.905. The van der Waals surface area contributed by atoms with Crippen molar-refractivity contribution in [1.82, 2.24) is 4.90 Å². The molecule has 1 aliphatic rings. The average Bonchev–Trinajstić information content (AvgIpc) is 3.00. The molecule has 0 radical (unpaired) electrons. The Balaban J connectivity index is 1.94. The van der Waals surface area contributed by atoms with Crippen LogP contribution in [-0.2, 0) is 9.59 Å². The van der Waals surface area contributed by atoms with Gasteiger partial charge in [0.25, 0.3) is 0 Å². The van der Waals surface area contributed by atoms with E-state index in [1.54, 1.807) is 0 Å². The molecule has 1 rings (SSSR count). The van der Waals surface area contributed by atoms with Gasteiger partial charge in [0.05, 0.1) is 6.10 Å². The normalized spacial score (nSPS) is 19.8. The highest BCUT2D eigenvalue weighted by atomic mass is 16.4. The Morgan fingerprint density at radius 1 is 0.846 bits per heavy atom. The summed E-state index contributed by atoms with van der Waals surface area (Å²) in [5.41, 5.74) is 0. The van der Waals surface area contributed by atoms with Crippen molar-refractivity contribution >= 4 is 11.9 Å². The number of aliphatic carboxylic acids is 1. The molecule has 1 fully saturated rings. The summed E-state index contributed by atoms with van der Waals surface area (Å²) in [5, 5.41) is 18.8. The van der Waals surface area contributed by atoms with Gasteiger partial charge in [-0.3, -0.25) is 4.79 Å². The lowest BCUT2D eigenvalue weighted by atomic mass is 10.0. The van der Waals surface area contributed by atoms with Crippen molar-refractivity contribution < 1.29 is 19.8 Å². The number of hydrogen-bond donors (Lipinski definition) is 2. The number of likely N-dealkylation sites (tertiary alicyclic amines) is 1. The van der Waals surface area contributed by atoms with E-state index in [4.69, 9.17) is 5.11 Å². The minimum Gasteiger partial charge on any atom is -0.480 e. The lowest BCUT2D eigenvalue weighted by Gasteiger charge is -2.22. The molecule has 0 aromatic rings. The minimum absolute atomic E-state index is 0.128. The number of hydrogen-bond acceptors (Lipinski definition) is 3. The lowest BCUT2D eigenvalue weighted by molar-refractivity contribution is -0.151. The van der Waals surface area contributed by atoms with E-state index in [1.807, 2.05) is 0 Å². The summed E-state index contributed by atoms with van der Waals surface area (Å²) >= 11 is 0. The molecule has 1 saturated heterocycles. The maximum absolute atomic E-state index is 12.2. The van der Waals surface area contributed by atoms with Gasteiger partial charge in [-0.2, -0.15) is 0 Å². The molecule has 0 spiro atoms. The van der Waals surface area contributed by atoms with E-state index in [0.29, 0.717) is 19.4 Å². The molecular weight excluding hydrogens is 330 g/mol. The van der Waals surface area contributed by atoms with E-state index in [-0.39, 0.29) is 5.91 Å². The highest BCUT2D eigenvalue weighted by Gasteiger charge is 2.40. The van der Waals surface area contributed by atoms with Crippen LogP contribution in [-0.4, -0.2) is 45.7 Å². The Morgan fingerprint density at radius 2 is 1.31 bits per heavy atom. The van der Waals surface area contributed by atoms with Gasteiger partial charge in [-0.25, -0.2) is 4.79 Å². The fourth-order valence-corrected chi connectivity index (χ4v) is 3.79. The van der Waals surface area contributed by atoms with E-state index in [9.17, 15) is 14.7 Å². The average molecular weight is 370 g/mol. The van der Waals surface area contributed by atoms with Crippen LogP contribution in [0.25, 0.3) is 0 Å². The van der Waals surface area contributed by atoms with Gasteiger partial charge < -0.3 is 15.1 Å². The molecule has 152 valence electrons. The van der Waals surface area contributed by atoms with Crippen LogP contribution in [0.2, 0.25) is 0 Å². The number of amides is 1. The second-order valence-electron chi connectivity index (χ2n) is 7.72. The molecular formula is C21H39NO4. The second kappa shape index (κ2) is 14.0. The molecule has 5 heteroatoms. The molecule has 0 aromatic carbocycles. The van der Waals surface area contributed by atoms with Crippen LogP contribution in [0.15, 0.2) is 0 Å². The van der Waals surface area contributed by atoms with E-state index in [1.165, 1.54) is 69.1 Å². The monoisotopic (exact) mass is 369 g/mol. The number of nitrogens with zero attached hydrogens (tertiary/aromatic N) is 1. The highest BCUT2D eigenvalue weighted by Crippen LogP contribution is 2.20. The highest BCUT2D eigenvalue weighted by molar-refractivity contribution is 5.84. The van der Waals surface area contributed by atoms with Crippen molar-refractivity contribution in [3.05, 3.63) is 0 Å². The van der Waals surface area contributed by atoms with Gasteiger partial charge in [0, 0.05) is 13.0 Å². The standard InChI is InChI=1S/C21H39NO4/c1-2-3-4-5-6-7-8-9-10-11-12-13-14-15-19(24)22-17-16-18(23)20(22)21(25)26/h18,20,23H,2-17H2,1H3,(H,25,26)/t18-,20-/m0/s1. The minimum atomic E-state index is -1.10. The number of carbonyl (C=O) groups excluding carboxylic acids is 1. The predicted molar refractivity (Wildman–Crippen MR) is 104 cm³/mol. The van der Waals surface area contributed by atoms with Crippen molar-refractivity contribution in [3.8, 4) is 0 Å². The van der Waals surface area contributed by atoms with Gasteiger partial charge >= 0.3 is 5.97 Å². The maximum Gasteiger partial charge on any atom is 0.329 e. The quantitative estimate of drug-likeness (QED) is 0.416. The predicted octanol–water partition coefficient (Wildman–Crippen LogP) is 4.51. The van der Waals surface area contributed by atoms with Gasteiger partial charge in [0.15, 0.2) is 6.04 Å². The number of carboxylic acid groups (broad SMARTS) is 1. The van der Waals surface area contributed by atoms with Crippen molar-refractivity contribution in [3.63, 3.8) is 0 Å². The third kappa shape index (κ3) is 9.02. The zero-order chi connectivity index (χ0) is 19.2. The maximum atomic E-state index is 12.2. The molecule has 26 heavy (non-hydrogen) atoms. The van der Waals surface area contributed by atoms with Gasteiger partial charge in [0.2, 0.25) is 5.91 Å². The molecule has 0 aliphatic carbocycles. The molecule has 2 atom stereocenters. The lowest BCUT2D eigenvalue weighted by Crippen LogP contribution is -2.44. The van der Waals surface area contributed by atoms with Crippen LogP contribution >= 0.6 is 0 Å². The van der Waals surface area contributed by atoms with Crippen LogP contribution in [0.4, 0.5) is 0 Å². The molecule has 0 aromatic heterocycles. The summed E-state index contributed by atoms with van der Waals surface area (Å²) in [6.45, 7) is 2.61. The summed E-state index contributed by atoms with van der Waals surface area (Å²) in [6, 6.07) is -1.05. The first-order valence-electron chi connectivity index (χ1n) is 10.8. The third-order valence-electron chi connectivity index (χ3n) is 5.43. The number of carboxylic acids is 1. The number of carbonyl (C=O) groups is 2. The van der Waals surface area contributed by atoms with Gasteiger partial charge in [0.1, 0.15) is 0 Å². The van der Waals surface area contributed by atoms with Crippen molar-refractivity contribution in [1.29, 1.82) is 0 Å². The van der Waals surface area contributed by atoms with Gasteiger partial charge in [-0.15, -0.1) is 0 Å². The molecule has 0 saturated carbocycles. The SMILES string of the molecule is CCCCCCCCCCCCCCCC(=O)N1CC[C@H](O)[C@H]1C(=O)O. The van der Waals surface area contributed by atoms with Crippen molar-refractivity contribution in [2.45, 2.75) is 115 Å². The molecule has 0 unspecified atom stereocenters. The first-order chi connectivity index (χ1) is 12.6. The summed E-state index contributed by atoms with van der Waals surface area (Å²) in [4.78, 5) is 24.7. The molecule has 2 N–H and O–H groups in total. The number of aliphatic hydroxyl groups excluding tert-OH is 1. The molecule has 1 heterocycles. The summed E-state index contributed by atoms with van der Waals surface area (Å²) in [6.07, 6.45) is 16.2. The molecule has 0 bridgehead atoms. The van der Waals surface area contributed by atoms with Gasteiger partial charge in [-0.05, 0) is 12.8 Å². The van der Waals surface area contributed by atoms with E-state index >= 15 is 0 Å². The Kier molecular flexibility index (Phi) is 12.4. The van der Waals surface area contributed by atoms with E-state index < -0.39 is 18.1 Å². The smallest absolute Gasteiger partial charge is 0.329 e. The van der Waals surface area contributed by atoms with Crippen molar-refractivity contribution in [2.24, 2.45) is 0 Å². The van der Waals surface area contributed by atoms with E-state index in [0.717, 1.165) is 19.3 Å². The van der Waals surface area contributed by atoms with E-state index in [2.05, 4.69) is 6.92 Å². The third-order valence-corrected chi connectivity index (χ3v) is 5.43. The van der Waals surface area contributed by atoms with Crippen molar-refractivity contribution in [2.75, 3.05) is 6.54 Å². The number of unbranched alkanes of at least 4 members (excludes halogenated alkanes) is 12. The number of rotatable bonds is 15. The summed E-state index contributed by atoms with van der Waals surface area (Å²) < 4.78 is 0. The summed E-state index contributed by atoms with van der Waals surface area (Å²) in [7, 11) is 0. The zero-order valence-electron chi connectivity index (χ0n) is 16.6. The van der Waals surface area contributed by atoms with Crippen LogP contribution in [0.3, 0.4) is 0 Å². The summed E-state index contributed by atoms with van der Waals surface area (Å²) in [5.74, 6) is -1.23.